The normalized spacial score (nSPS) is 13.5. The number of likely N-dealkylation sites (N-methyl/N-ethyl adjacent to an activating group) is 1. The highest BCUT2D eigenvalue weighted by atomic mass is 16.7. The first kappa shape index (κ1) is 84.4. The third-order valence-electron chi connectivity index (χ3n) is 15.4. The molecule has 0 saturated heterocycles. The second kappa shape index (κ2) is 69.3. The number of allylic oxidation sites excluding steroid dienone is 22. The number of carbonyl (C=O) groups is 3. The number of esters is 2. The molecular formula is C80H136NO8+. The summed E-state index contributed by atoms with van der Waals surface area (Å²) in [5.41, 5.74) is 0. The fourth-order valence-corrected chi connectivity index (χ4v) is 9.93. The molecule has 0 radical (unpaired) electrons. The summed E-state index contributed by atoms with van der Waals surface area (Å²) in [6, 6.07) is 0. The van der Waals surface area contributed by atoms with E-state index in [0.29, 0.717) is 23.9 Å². The Balaban J connectivity index is 4.09. The molecule has 0 aliphatic carbocycles. The lowest BCUT2D eigenvalue weighted by Crippen LogP contribution is -2.40. The monoisotopic (exact) mass is 1240 g/mol. The zero-order valence-corrected chi connectivity index (χ0v) is 58.0. The second-order valence-electron chi connectivity index (χ2n) is 25.1. The van der Waals surface area contributed by atoms with Crippen LogP contribution in [0.2, 0.25) is 0 Å². The van der Waals surface area contributed by atoms with Gasteiger partial charge in [0.1, 0.15) is 13.2 Å². The van der Waals surface area contributed by atoms with Gasteiger partial charge in [-0.25, -0.2) is 4.79 Å². The molecule has 0 fully saturated rings. The van der Waals surface area contributed by atoms with Crippen molar-refractivity contribution in [3.05, 3.63) is 134 Å². The number of ether oxygens (including phenoxy) is 4. The van der Waals surface area contributed by atoms with Crippen LogP contribution < -0.4 is 0 Å². The number of hydrogen-bond acceptors (Lipinski definition) is 7. The smallest absolute Gasteiger partial charge is 0.361 e. The topological polar surface area (TPSA) is 108 Å². The molecule has 2 atom stereocenters. The number of unbranched alkanes of at least 4 members (excludes halogenated alkanes) is 29. The number of carboxylic acid groups (broad SMARTS) is 1. The molecule has 0 bridgehead atoms. The molecule has 9 nitrogen and oxygen atoms in total. The highest BCUT2D eigenvalue weighted by molar-refractivity contribution is 5.71. The Morgan fingerprint density at radius 1 is 0.337 bits per heavy atom. The van der Waals surface area contributed by atoms with E-state index in [2.05, 4.69) is 148 Å². The molecule has 0 saturated carbocycles. The molecule has 0 aromatic rings. The van der Waals surface area contributed by atoms with E-state index in [0.717, 1.165) is 122 Å². The fourth-order valence-electron chi connectivity index (χ4n) is 9.93. The van der Waals surface area contributed by atoms with Crippen molar-refractivity contribution in [1.82, 2.24) is 0 Å². The van der Waals surface area contributed by atoms with Crippen LogP contribution in [0.25, 0.3) is 0 Å². The molecule has 1 N–H and O–H groups in total. The number of carbonyl (C=O) groups excluding carboxylic acids is 2. The minimum Gasteiger partial charge on any atom is -0.477 e. The largest absolute Gasteiger partial charge is 0.477 e. The van der Waals surface area contributed by atoms with Crippen molar-refractivity contribution in [3.8, 4) is 0 Å². The number of hydrogen-bond donors (Lipinski definition) is 1. The molecule has 89 heavy (non-hydrogen) atoms. The van der Waals surface area contributed by atoms with Crippen molar-refractivity contribution in [2.75, 3.05) is 47.5 Å². The van der Waals surface area contributed by atoms with Crippen molar-refractivity contribution >= 4 is 17.9 Å². The summed E-state index contributed by atoms with van der Waals surface area (Å²) in [5.74, 6) is -2.03. The van der Waals surface area contributed by atoms with Crippen molar-refractivity contribution in [2.24, 2.45) is 0 Å². The van der Waals surface area contributed by atoms with E-state index in [1.54, 1.807) is 0 Å². The van der Waals surface area contributed by atoms with Gasteiger partial charge in [-0.1, -0.05) is 308 Å². The lowest BCUT2D eigenvalue weighted by atomic mass is 10.0. The molecule has 9 heteroatoms. The van der Waals surface area contributed by atoms with Crippen LogP contribution in [-0.2, 0) is 33.3 Å². The number of rotatable bonds is 66. The summed E-state index contributed by atoms with van der Waals surface area (Å²) < 4.78 is 23.0. The van der Waals surface area contributed by atoms with Gasteiger partial charge >= 0.3 is 17.9 Å². The maximum atomic E-state index is 12.9. The Morgan fingerprint density at radius 2 is 0.607 bits per heavy atom. The van der Waals surface area contributed by atoms with Gasteiger partial charge in [-0.05, 0) is 109 Å². The highest BCUT2D eigenvalue weighted by Crippen LogP contribution is 2.18. The van der Waals surface area contributed by atoms with Crippen LogP contribution in [0.1, 0.15) is 296 Å². The summed E-state index contributed by atoms with van der Waals surface area (Å²) in [5, 5.41) is 9.75. The van der Waals surface area contributed by atoms with E-state index in [9.17, 15) is 19.5 Å². The molecular weight excluding hydrogens is 1100 g/mol. The molecule has 0 aliphatic heterocycles. The van der Waals surface area contributed by atoms with Crippen LogP contribution in [0, 0.1) is 0 Å². The van der Waals surface area contributed by atoms with Gasteiger partial charge in [0.2, 0.25) is 0 Å². The summed E-state index contributed by atoms with van der Waals surface area (Å²) >= 11 is 0. The van der Waals surface area contributed by atoms with Gasteiger partial charge < -0.3 is 28.5 Å². The van der Waals surface area contributed by atoms with Gasteiger partial charge in [-0.3, -0.25) is 9.59 Å². The van der Waals surface area contributed by atoms with Crippen LogP contribution >= 0.6 is 0 Å². The van der Waals surface area contributed by atoms with Crippen LogP contribution in [0.5, 0.6) is 0 Å². The Hall–Kier alpha value is -4.57. The van der Waals surface area contributed by atoms with Gasteiger partial charge in [0.05, 0.1) is 34.4 Å². The zero-order valence-electron chi connectivity index (χ0n) is 58.0. The van der Waals surface area contributed by atoms with Gasteiger partial charge in [0.15, 0.2) is 6.10 Å². The highest BCUT2D eigenvalue weighted by Gasteiger charge is 2.25. The SMILES string of the molecule is CC/C=C\C/C=C\C/C=C\C/C=C\C/C=C\C/C=C\C/C=C\CCCCCCCC(=O)OC(COC(=O)CCCCCCCCCCCCCCCCCCCCCCCCCC/C=C\C/C=C\C/C=C\C/C=C\CC)COC(OCC[N+](C)(C)C)C(=O)O. The second-order valence-corrected chi connectivity index (χ2v) is 25.1. The van der Waals surface area contributed by atoms with Crippen LogP contribution in [0.4, 0.5) is 0 Å². The van der Waals surface area contributed by atoms with Crippen LogP contribution in [0.15, 0.2) is 134 Å². The summed E-state index contributed by atoms with van der Waals surface area (Å²) in [4.78, 5) is 37.6. The third kappa shape index (κ3) is 70.7. The zero-order chi connectivity index (χ0) is 64.7. The molecule has 0 rings (SSSR count). The predicted molar refractivity (Wildman–Crippen MR) is 382 cm³/mol. The van der Waals surface area contributed by atoms with Crippen LogP contribution in [-0.4, -0.2) is 87.4 Å². The van der Waals surface area contributed by atoms with Crippen LogP contribution in [0.3, 0.4) is 0 Å². The first-order valence-electron chi connectivity index (χ1n) is 36.3. The standard InChI is InChI=1S/C80H135NO8/c1-6-8-10-12-14-16-18-20-22-24-26-28-30-32-34-35-36-37-38-39-40-41-42-43-45-46-48-50-52-54-56-58-60-62-64-66-68-70-77(82)87-74-76(75-88-80(79(84)85)86-73-72-81(3,4)5)89-78(83)71-69-67-65-63-61-59-57-55-53-51-49-47-44-33-31-29-27-25-23-21-19-17-15-13-11-9-7-2/h8-11,14-17,20-23,26-29,33,44,49,51,55,57,76,80H,6-7,12-13,18-19,24-25,30-32,34-43,45-48,50,52-54,56,58-75H2,1-5H3/p+1/b10-8-,11-9-,16-14-,17-15-,22-20-,23-21-,28-26-,29-27-,44-33-,51-49-,57-55-. The first-order chi connectivity index (χ1) is 43.6. The maximum Gasteiger partial charge on any atom is 0.361 e. The maximum absolute atomic E-state index is 12.9. The Bertz CT molecular complexity index is 1930. The minimum absolute atomic E-state index is 0.178. The van der Waals surface area contributed by atoms with E-state index in [1.165, 1.54) is 141 Å². The molecule has 0 aromatic carbocycles. The lowest BCUT2D eigenvalue weighted by Gasteiger charge is -2.25. The van der Waals surface area contributed by atoms with Crippen molar-refractivity contribution in [1.29, 1.82) is 0 Å². The van der Waals surface area contributed by atoms with Crippen molar-refractivity contribution < 1.29 is 42.9 Å². The van der Waals surface area contributed by atoms with E-state index < -0.39 is 24.3 Å². The predicted octanol–water partition coefficient (Wildman–Crippen LogP) is 22.9. The van der Waals surface area contributed by atoms with Gasteiger partial charge in [-0.2, -0.15) is 0 Å². The van der Waals surface area contributed by atoms with Gasteiger partial charge in [0.25, 0.3) is 6.29 Å². The fraction of sp³-hybridized carbons (Fsp3) is 0.688. The summed E-state index contributed by atoms with van der Waals surface area (Å²) in [6.07, 6.45) is 97.2. The third-order valence-corrected chi connectivity index (χ3v) is 15.4. The lowest BCUT2D eigenvalue weighted by molar-refractivity contribution is -0.870. The minimum atomic E-state index is -1.52. The Morgan fingerprint density at radius 3 is 0.899 bits per heavy atom. The molecule has 0 aromatic heterocycles. The first-order valence-corrected chi connectivity index (χ1v) is 36.3. The molecule has 0 heterocycles. The van der Waals surface area contributed by atoms with Crippen molar-refractivity contribution in [3.63, 3.8) is 0 Å². The Labute approximate surface area is 548 Å². The van der Waals surface area contributed by atoms with E-state index in [1.807, 2.05) is 21.1 Å². The molecule has 508 valence electrons. The van der Waals surface area contributed by atoms with Crippen molar-refractivity contribution in [2.45, 2.75) is 309 Å². The quantitative estimate of drug-likeness (QED) is 0.0211. The average molecular weight is 1240 g/mol. The summed E-state index contributed by atoms with van der Waals surface area (Å²) in [7, 11) is 5.97. The number of quaternary nitrogens is 1. The van der Waals surface area contributed by atoms with E-state index in [-0.39, 0.29) is 32.2 Å². The average Bonchev–Trinajstić information content (AvgIpc) is 3.64. The molecule has 0 amide bonds. The van der Waals surface area contributed by atoms with Gasteiger partial charge in [-0.15, -0.1) is 0 Å². The van der Waals surface area contributed by atoms with E-state index in [4.69, 9.17) is 18.9 Å². The number of carboxylic acids is 1. The molecule has 0 aliphatic rings. The molecule has 0 spiro atoms. The Kier molecular flexibility index (Phi) is 65.8. The number of nitrogens with zero attached hydrogens (tertiary/aromatic N) is 1. The van der Waals surface area contributed by atoms with E-state index >= 15 is 0 Å². The van der Waals surface area contributed by atoms with Gasteiger partial charge in [0, 0.05) is 12.8 Å². The molecule has 2 unspecified atom stereocenters. The number of aliphatic carboxylic acids is 1. The summed E-state index contributed by atoms with van der Waals surface area (Å²) in [6.45, 7) is 4.64.